The zero-order valence-corrected chi connectivity index (χ0v) is 13.1. The van der Waals surface area contributed by atoms with E-state index in [1.807, 2.05) is 0 Å². The van der Waals surface area contributed by atoms with Gasteiger partial charge in [-0.15, -0.1) is 0 Å². The molecule has 1 aromatic carbocycles. The molecule has 1 heterocycles. The van der Waals surface area contributed by atoms with Crippen molar-refractivity contribution in [3.8, 4) is 0 Å². The SMILES string of the molecule is CCNC1CCN(CCCCc2ccccc2)CC1C. The molecule has 1 aromatic rings. The fourth-order valence-corrected chi connectivity index (χ4v) is 3.31. The van der Waals surface area contributed by atoms with Gasteiger partial charge < -0.3 is 10.2 Å². The number of likely N-dealkylation sites (tertiary alicyclic amines) is 1. The smallest absolute Gasteiger partial charge is 0.0117 e. The summed E-state index contributed by atoms with van der Waals surface area (Å²) in [7, 11) is 0. The van der Waals surface area contributed by atoms with Gasteiger partial charge in [0.15, 0.2) is 0 Å². The highest BCUT2D eigenvalue weighted by Gasteiger charge is 2.24. The van der Waals surface area contributed by atoms with Crippen molar-refractivity contribution in [3.05, 3.63) is 35.9 Å². The molecule has 2 nitrogen and oxygen atoms in total. The predicted octanol–water partition coefficient (Wildman–Crippen LogP) is 3.33. The number of piperidine rings is 1. The Bertz CT molecular complexity index is 363. The van der Waals surface area contributed by atoms with Crippen molar-refractivity contribution < 1.29 is 0 Å². The number of hydrogen-bond acceptors (Lipinski definition) is 2. The lowest BCUT2D eigenvalue weighted by Crippen LogP contribution is -2.48. The Morgan fingerprint density at radius 1 is 1.20 bits per heavy atom. The molecule has 112 valence electrons. The van der Waals surface area contributed by atoms with E-state index < -0.39 is 0 Å². The van der Waals surface area contributed by atoms with Crippen molar-refractivity contribution in [3.63, 3.8) is 0 Å². The molecule has 1 saturated heterocycles. The van der Waals surface area contributed by atoms with Crippen LogP contribution in [0.5, 0.6) is 0 Å². The molecule has 2 unspecified atom stereocenters. The minimum absolute atomic E-state index is 0.737. The van der Waals surface area contributed by atoms with Crippen LogP contribution in [0.4, 0.5) is 0 Å². The lowest BCUT2D eigenvalue weighted by atomic mass is 9.93. The molecule has 2 atom stereocenters. The molecule has 0 amide bonds. The third-order valence-corrected chi connectivity index (χ3v) is 4.49. The Labute approximate surface area is 124 Å². The maximum Gasteiger partial charge on any atom is 0.0117 e. The van der Waals surface area contributed by atoms with Crippen LogP contribution in [0, 0.1) is 5.92 Å². The lowest BCUT2D eigenvalue weighted by molar-refractivity contribution is 0.146. The monoisotopic (exact) mass is 274 g/mol. The molecule has 0 saturated carbocycles. The Hall–Kier alpha value is -0.860. The van der Waals surface area contributed by atoms with E-state index in [2.05, 4.69) is 54.4 Å². The first-order valence-corrected chi connectivity index (χ1v) is 8.29. The summed E-state index contributed by atoms with van der Waals surface area (Å²) in [6.07, 6.45) is 5.18. The first-order valence-electron chi connectivity index (χ1n) is 8.29. The standard InChI is InChI=1S/C18H30N2/c1-3-19-18-12-14-20(15-16(18)2)13-8-7-11-17-9-5-4-6-10-17/h4-6,9-10,16,18-19H,3,7-8,11-15H2,1-2H3. The van der Waals surface area contributed by atoms with E-state index in [1.165, 1.54) is 50.9 Å². The van der Waals surface area contributed by atoms with Gasteiger partial charge in [-0.05, 0) is 56.8 Å². The Morgan fingerprint density at radius 2 is 2.00 bits per heavy atom. The van der Waals surface area contributed by atoms with Crippen LogP contribution in [0.3, 0.4) is 0 Å². The van der Waals surface area contributed by atoms with Crippen molar-refractivity contribution in [1.29, 1.82) is 0 Å². The van der Waals surface area contributed by atoms with Gasteiger partial charge in [0.2, 0.25) is 0 Å². The number of aryl methyl sites for hydroxylation is 1. The highest BCUT2D eigenvalue weighted by molar-refractivity contribution is 5.14. The van der Waals surface area contributed by atoms with Gasteiger partial charge in [-0.25, -0.2) is 0 Å². The summed E-state index contributed by atoms with van der Waals surface area (Å²) in [5.74, 6) is 0.790. The predicted molar refractivity (Wildman–Crippen MR) is 87.1 cm³/mol. The first-order chi connectivity index (χ1) is 9.79. The van der Waals surface area contributed by atoms with E-state index in [0.29, 0.717) is 0 Å². The third-order valence-electron chi connectivity index (χ3n) is 4.49. The van der Waals surface area contributed by atoms with E-state index in [-0.39, 0.29) is 0 Å². The fourth-order valence-electron chi connectivity index (χ4n) is 3.31. The Morgan fingerprint density at radius 3 is 2.70 bits per heavy atom. The third kappa shape index (κ3) is 4.92. The van der Waals surface area contributed by atoms with Crippen LogP contribution in [0.1, 0.15) is 38.7 Å². The molecular weight excluding hydrogens is 244 g/mol. The number of benzene rings is 1. The van der Waals surface area contributed by atoms with Gasteiger partial charge in [-0.2, -0.15) is 0 Å². The van der Waals surface area contributed by atoms with E-state index in [1.54, 1.807) is 0 Å². The number of nitrogens with one attached hydrogen (secondary N) is 1. The molecule has 2 rings (SSSR count). The molecule has 1 aliphatic heterocycles. The summed E-state index contributed by atoms with van der Waals surface area (Å²) in [5, 5.41) is 3.62. The van der Waals surface area contributed by atoms with Crippen LogP contribution in [0.15, 0.2) is 30.3 Å². The zero-order valence-electron chi connectivity index (χ0n) is 13.1. The van der Waals surface area contributed by atoms with E-state index in [0.717, 1.165) is 18.5 Å². The molecule has 1 aliphatic rings. The molecular formula is C18H30N2. The molecule has 0 aromatic heterocycles. The minimum Gasteiger partial charge on any atom is -0.314 e. The number of rotatable bonds is 7. The fraction of sp³-hybridized carbons (Fsp3) is 0.667. The normalized spacial score (nSPS) is 23.9. The second kappa shape index (κ2) is 8.43. The first kappa shape index (κ1) is 15.5. The highest BCUT2D eigenvalue weighted by Crippen LogP contribution is 2.17. The molecule has 20 heavy (non-hydrogen) atoms. The molecule has 2 heteroatoms. The van der Waals surface area contributed by atoms with Gasteiger partial charge in [0.05, 0.1) is 0 Å². The van der Waals surface area contributed by atoms with Gasteiger partial charge in [0, 0.05) is 12.6 Å². The van der Waals surface area contributed by atoms with Gasteiger partial charge in [-0.1, -0.05) is 44.2 Å². The van der Waals surface area contributed by atoms with Crippen molar-refractivity contribution >= 4 is 0 Å². The molecule has 0 aliphatic carbocycles. The molecule has 0 radical (unpaired) electrons. The summed E-state index contributed by atoms with van der Waals surface area (Å²) >= 11 is 0. The number of unbranched alkanes of at least 4 members (excludes halogenated alkanes) is 1. The van der Waals surface area contributed by atoms with Crippen LogP contribution < -0.4 is 5.32 Å². The van der Waals surface area contributed by atoms with Crippen molar-refractivity contribution in [1.82, 2.24) is 10.2 Å². The summed E-state index contributed by atoms with van der Waals surface area (Å²) < 4.78 is 0. The summed E-state index contributed by atoms with van der Waals surface area (Å²) in [6.45, 7) is 9.52. The van der Waals surface area contributed by atoms with Crippen molar-refractivity contribution in [2.45, 2.75) is 45.6 Å². The number of nitrogens with zero attached hydrogens (tertiary/aromatic N) is 1. The second-order valence-corrected chi connectivity index (χ2v) is 6.17. The number of hydrogen-bond donors (Lipinski definition) is 1. The van der Waals surface area contributed by atoms with Crippen molar-refractivity contribution in [2.24, 2.45) is 5.92 Å². The van der Waals surface area contributed by atoms with Crippen LogP contribution in [-0.4, -0.2) is 37.1 Å². The summed E-state index contributed by atoms with van der Waals surface area (Å²) in [4.78, 5) is 2.66. The van der Waals surface area contributed by atoms with Gasteiger partial charge in [-0.3, -0.25) is 0 Å². The van der Waals surface area contributed by atoms with Crippen LogP contribution in [0.25, 0.3) is 0 Å². The molecule has 0 spiro atoms. The van der Waals surface area contributed by atoms with Crippen LogP contribution in [-0.2, 0) is 6.42 Å². The topological polar surface area (TPSA) is 15.3 Å². The van der Waals surface area contributed by atoms with Gasteiger partial charge in [0.1, 0.15) is 0 Å². The Balaban J connectivity index is 1.61. The average molecular weight is 274 g/mol. The summed E-state index contributed by atoms with van der Waals surface area (Å²) in [6, 6.07) is 11.6. The minimum atomic E-state index is 0.737. The largest absolute Gasteiger partial charge is 0.314 e. The maximum atomic E-state index is 3.62. The van der Waals surface area contributed by atoms with Crippen LogP contribution >= 0.6 is 0 Å². The van der Waals surface area contributed by atoms with Gasteiger partial charge in [0.25, 0.3) is 0 Å². The average Bonchev–Trinajstić information content (AvgIpc) is 2.48. The van der Waals surface area contributed by atoms with E-state index in [4.69, 9.17) is 0 Å². The van der Waals surface area contributed by atoms with Crippen molar-refractivity contribution in [2.75, 3.05) is 26.2 Å². The molecule has 1 fully saturated rings. The second-order valence-electron chi connectivity index (χ2n) is 6.17. The highest BCUT2D eigenvalue weighted by atomic mass is 15.1. The van der Waals surface area contributed by atoms with Gasteiger partial charge >= 0.3 is 0 Å². The van der Waals surface area contributed by atoms with Crippen LogP contribution in [0.2, 0.25) is 0 Å². The lowest BCUT2D eigenvalue weighted by Gasteiger charge is -2.37. The zero-order chi connectivity index (χ0) is 14.2. The Kier molecular flexibility index (Phi) is 6.55. The molecule has 1 N–H and O–H groups in total. The molecule has 0 bridgehead atoms. The van der Waals surface area contributed by atoms with E-state index in [9.17, 15) is 0 Å². The summed E-state index contributed by atoms with van der Waals surface area (Å²) in [5.41, 5.74) is 1.48. The van der Waals surface area contributed by atoms with E-state index >= 15 is 0 Å². The maximum absolute atomic E-state index is 3.62. The quantitative estimate of drug-likeness (QED) is 0.767.